The van der Waals surface area contributed by atoms with E-state index in [9.17, 15) is 8.42 Å². The number of rotatable bonds is 4. The number of fused-ring (bicyclic) bond motifs is 1. The Hall–Kier alpha value is -2.05. The lowest BCUT2D eigenvalue weighted by Gasteiger charge is -2.34. The number of ether oxygens (including phenoxy) is 2. The fraction of sp³-hybridized carbons (Fsp3) is 0.368. The molecule has 3 rings (SSSR count). The Bertz CT molecular complexity index is 892. The van der Waals surface area contributed by atoms with Crippen molar-refractivity contribution in [3.8, 4) is 11.5 Å². The molecule has 1 atom stereocenters. The SMILES string of the molecule is COc1cc2c(cc1OC)CN(S(=O)(=O)c1ccccc1C)C(C)C2. The first kappa shape index (κ1) is 17.8. The van der Waals surface area contributed by atoms with Crippen LogP contribution in [-0.2, 0) is 23.0 Å². The number of benzene rings is 2. The summed E-state index contributed by atoms with van der Waals surface area (Å²) in [6, 6.07) is 10.8. The highest BCUT2D eigenvalue weighted by molar-refractivity contribution is 7.89. The maximum atomic E-state index is 13.2. The standard InChI is InChI=1S/C19H23NO4S/c1-13-7-5-6-8-19(13)25(21,22)20-12-16-11-18(24-4)17(23-3)10-15(16)9-14(20)2/h5-8,10-11,14H,9,12H2,1-4H3. The molecule has 2 aromatic rings. The number of hydrogen-bond acceptors (Lipinski definition) is 4. The van der Waals surface area contributed by atoms with Gasteiger partial charge in [0.15, 0.2) is 11.5 Å². The summed E-state index contributed by atoms with van der Waals surface area (Å²) >= 11 is 0. The molecule has 6 heteroatoms. The lowest BCUT2D eigenvalue weighted by Crippen LogP contribution is -2.42. The third-order valence-electron chi connectivity index (χ3n) is 4.72. The predicted molar refractivity (Wildman–Crippen MR) is 96.6 cm³/mol. The molecule has 25 heavy (non-hydrogen) atoms. The topological polar surface area (TPSA) is 55.8 Å². The Balaban J connectivity index is 2.03. The van der Waals surface area contributed by atoms with E-state index in [4.69, 9.17) is 9.47 Å². The number of methoxy groups -OCH3 is 2. The van der Waals surface area contributed by atoms with Gasteiger partial charge in [0, 0.05) is 12.6 Å². The van der Waals surface area contributed by atoms with Crippen molar-refractivity contribution in [2.45, 2.75) is 37.8 Å². The Morgan fingerprint density at radius 2 is 1.64 bits per heavy atom. The van der Waals surface area contributed by atoms with Gasteiger partial charge in [-0.25, -0.2) is 8.42 Å². The molecule has 0 aliphatic carbocycles. The molecule has 0 spiro atoms. The summed E-state index contributed by atoms with van der Waals surface area (Å²) in [6.07, 6.45) is 0.640. The van der Waals surface area contributed by atoms with Gasteiger partial charge < -0.3 is 9.47 Å². The first-order valence-electron chi connectivity index (χ1n) is 8.19. The average molecular weight is 361 g/mol. The van der Waals surface area contributed by atoms with Crippen LogP contribution in [0.5, 0.6) is 11.5 Å². The summed E-state index contributed by atoms with van der Waals surface area (Å²) in [6.45, 7) is 4.09. The van der Waals surface area contributed by atoms with E-state index in [0.717, 1.165) is 16.7 Å². The van der Waals surface area contributed by atoms with Gasteiger partial charge in [-0.05, 0) is 55.2 Å². The van der Waals surface area contributed by atoms with Crippen LogP contribution < -0.4 is 9.47 Å². The third kappa shape index (κ3) is 3.12. The predicted octanol–water partition coefficient (Wildman–Crippen LogP) is 3.15. The molecule has 1 heterocycles. The van der Waals surface area contributed by atoms with Crippen molar-refractivity contribution >= 4 is 10.0 Å². The monoisotopic (exact) mass is 361 g/mol. The van der Waals surface area contributed by atoms with Crippen LogP contribution in [0, 0.1) is 6.92 Å². The zero-order valence-electron chi connectivity index (χ0n) is 14.9. The molecule has 1 unspecified atom stereocenters. The fourth-order valence-corrected chi connectivity index (χ4v) is 5.17. The van der Waals surface area contributed by atoms with Crippen LogP contribution in [0.15, 0.2) is 41.3 Å². The minimum Gasteiger partial charge on any atom is -0.493 e. The van der Waals surface area contributed by atoms with Crippen LogP contribution in [0.1, 0.15) is 23.6 Å². The van der Waals surface area contributed by atoms with Crippen LogP contribution in [0.3, 0.4) is 0 Å². The Kier molecular flexibility index (Phi) is 4.75. The largest absolute Gasteiger partial charge is 0.493 e. The summed E-state index contributed by atoms with van der Waals surface area (Å²) in [5.74, 6) is 1.28. The van der Waals surface area contributed by atoms with E-state index in [1.807, 2.05) is 38.1 Å². The second-order valence-electron chi connectivity index (χ2n) is 6.34. The number of hydrogen-bond donors (Lipinski definition) is 0. The number of nitrogens with zero attached hydrogens (tertiary/aromatic N) is 1. The third-order valence-corrected chi connectivity index (χ3v) is 6.84. The smallest absolute Gasteiger partial charge is 0.243 e. The fourth-order valence-electron chi connectivity index (χ4n) is 3.34. The molecule has 0 amide bonds. The van der Waals surface area contributed by atoms with Gasteiger partial charge in [-0.3, -0.25) is 0 Å². The van der Waals surface area contributed by atoms with E-state index >= 15 is 0 Å². The van der Waals surface area contributed by atoms with Crippen molar-refractivity contribution in [2.24, 2.45) is 0 Å². The van der Waals surface area contributed by atoms with E-state index in [1.165, 1.54) is 0 Å². The molecule has 1 aliphatic heterocycles. The molecule has 0 bridgehead atoms. The van der Waals surface area contributed by atoms with Crippen molar-refractivity contribution in [2.75, 3.05) is 14.2 Å². The molecule has 0 aromatic heterocycles. The molecular formula is C19H23NO4S. The van der Waals surface area contributed by atoms with E-state index in [2.05, 4.69) is 0 Å². The second kappa shape index (κ2) is 6.69. The van der Waals surface area contributed by atoms with E-state index in [0.29, 0.717) is 29.4 Å². The minimum absolute atomic E-state index is 0.129. The molecular weight excluding hydrogens is 338 g/mol. The first-order chi connectivity index (χ1) is 11.9. The summed E-state index contributed by atoms with van der Waals surface area (Å²) in [5.41, 5.74) is 2.81. The highest BCUT2D eigenvalue weighted by Gasteiger charge is 2.34. The van der Waals surface area contributed by atoms with Gasteiger partial charge >= 0.3 is 0 Å². The van der Waals surface area contributed by atoms with Crippen LogP contribution in [0.4, 0.5) is 0 Å². The highest BCUT2D eigenvalue weighted by atomic mass is 32.2. The second-order valence-corrected chi connectivity index (χ2v) is 8.20. The maximum absolute atomic E-state index is 13.2. The van der Waals surface area contributed by atoms with E-state index < -0.39 is 10.0 Å². The van der Waals surface area contributed by atoms with Gasteiger partial charge in [0.25, 0.3) is 0 Å². The molecule has 2 aromatic carbocycles. The van der Waals surface area contributed by atoms with Crippen molar-refractivity contribution in [1.82, 2.24) is 4.31 Å². The van der Waals surface area contributed by atoms with Crippen molar-refractivity contribution in [1.29, 1.82) is 0 Å². The van der Waals surface area contributed by atoms with Crippen LogP contribution in [0.25, 0.3) is 0 Å². The normalized spacial score (nSPS) is 17.8. The zero-order chi connectivity index (χ0) is 18.2. The van der Waals surface area contributed by atoms with Gasteiger partial charge in [0.1, 0.15) is 0 Å². The molecule has 0 radical (unpaired) electrons. The van der Waals surface area contributed by atoms with Gasteiger partial charge in [-0.15, -0.1) is 0 Å². The van der Waals surface area contributed by atoms with E-state index in [-0.39, 0.29) is 6.04 Å². The van der Waals surface area contributed by atoms with Gasteiger partial charge in [0.2, 0.25) is 10.0 Å². The van der Waals surface area contributed by atoms with Crippen LogP contribution >= 0.6 is 0 Å². The molecule has 0 fully saturated rings. The van der Waals surface area contributed by atoms with Crippen molar-refractivity contribution < 1.29 is 17.9 Å². The summed E-state index contributed by atoms with van der Waals surface area (Å²) in [7, 11) is -0.375. The molecule has 0 saturated heterocycles. The summed E-state index contributed by atoms with van der Waals surface area (Å²) in [5, 5.41) is 0. The molecule has 134 valence electrons. The quantitative estimate of drug-likeness (QED) is 0.839. The van der Waals surface area contributed by atoms with E-state index in [1.54, 1.807) is 30.7 Å². The summed E-state index contributed by atoms with van der Waals surface area (Å²) < 4.78 is 38.6. The van der Waals surface area contributed by atoms with Crippen molar-refractivity contribution in [3.63, 3.8) is 0 Å². The first-order valence-corrected chi connectivity index (χ1v) is 9.63. The number of sulfonamides is 1. The molecule has 0 saturated carbocycles. The van der Waals surface area contributed by atoms with Crippen LogP contribution in [-0.4, -0.2) is 33.0 Å². The zero-order valence-corrected chi connectivity index (χ0v) is 15.8. The maximum Gasteiger partial charge on any atom is 0.243 e. The Morgan fingerprint density at radius 1 is 1.04 bits per heavy atom. The van der Waals surface area contributed by atoms with Gasteiger partial charge in [-0.1, -0.05) is 18.2 Å². The average Bonchev–Trinajstić information content (AvgIpc) is 2.60. The molecule has 1 aliphatic rings. The van der Waals surface area contributed by atoms with Gasteiger partial charge in [0.05, 0.1) is 19.1 Å². The lowest BCUT2D eigenvalue weighted by atomic mass is 9.96. The highest BCUT2D eigenvalue weighted by Crippen LogP contribution is 2.36. The van der Waals surface area contributed by atoms with Crippen molar-refractivity contribution in [3.05, 3.63) is 53.1 Å². The van der Waals surface area contributed by atoms with Crippen LogP contribution in [0.2, 0.25) is 0 Å². The lowest BCUT2D eigenvalue weighted by molar-refractivity contribution is 0.304. The number of aryl methyl sites for hydroxylation is 1. The minimum atomic E-state index is -3.56. The molecule has 0 N–H and O–H groups in total. The Labute approximate surface area is 149 Å². The Morgan fingerprint density at radius 3 is 2.24 bits per heavy atom. The molecule has 5 nitrogen and oxygen atoms in total. The van der Waals surface area contributed by atoms with Gasteiger partial charge in [-0.2, -0.15) is 4.31 Å². The summed E-state index contributed by atoms with van der Waals surface area (Å²) in [4.78, 5) is 0.366.